The quantitative estimate of drug-likeness (QED) is 0.220. The lowest BCUT2D eigenvalue weighted by Gasteiger charge is -1.93. The van der Waals surface area contributed by atoms with Crippen molar-refractivity contribution < 1.29 is 19.2 Å². The lowest BCUT2D eigenvalue weighted by Crippen LogP contribution is -2.06. The van der Waals surface area contributed by atoms with Crippen LogP contribution >= 0.6 is 7.82 Å². The van der Waals surface area contributed by atoms with Crippen molar-refractivity contribution in [2.24, 2.45) is 0 Å². The van der Waals surface area contributed by atoms with Crippen molar-refractivity contribution in [1.82, 2.24) is 16.0 Å². The molecule has 6 N–H and O–H groups in total. The molecule has 0 radical (unpaired) electrons. The van der Waals surface area contributed by atoms with Crippen molar-refractivity contribution >= 4 is 7.82 Å². The van der Waals surface area contributed by atoms with Gasteiger partial charge in [-0.1, -0.05) is 59.3 Å². The Balaban J connectivity index is -0.000000125. The summed E-state index contributed by atoms with van der Waals surface area (Å²) in [6.45, 7) is 10.2. The van der Waals surface area contributed by atoms with Gasteiger partial charge in [0.25, 0.3) is 0 Å². The first-order valence-electron chi connectivity index (χ1n) is 9.96. The second kappa shape index (κ2) is 32.6. The summed E-state index contributed by atoms with van der Waals surface area (Å²) < 4.78 is 8.88. The van der Waals surface area contributed by atoms with Gasteiger partial charge in [-0.25, -0.2) is 4.57 Å². The predicted octanol–water partition coefficient (Wildman–Crippen LogP) is 3.26. The molecule has 0 amide bonds. The Hall–Kier alpha value is -0.0100. The average Bonchev–Trinajstić information content (AvgIpc) is 2.56. The second-order valence-electron chi connectivity index (χ2n) is 5.95. The highest BCUT2D eigenvalue weighted by atomic mass is 31.2. The maximum atomic E-state index is 8.88. The highest BCUT2D eigenvalue weighted by Crippen LogP contribution is 2.25. The van der Waals surface area contributed by atoms with Gasteiger partial charge in [-0.2, -0.15) is 0 Å². The summed E-state index contributed by atoms with van der Waals surface area (Å²) in [6.07, 6.45) is 12.0. The van der Waals surface area contributed by atoms with Crippen molar-refractivity contribution in [2.75, 3.05) is 40.8 Å². The van der Waals surface area contributed by atoms with E-state index in [2.05, 4.69) is 36.7 Å². The van der Waals surface area contributed by atoms with Gasteiger partial charge in [-0.05, 0) is 60.0 Å². The third-order valence-corrected chi connectivity index (χ3v) is 3.09. The third kappa shape index (κ3) is 88.2. The molecular formula is C18H48N3O4P. The molecule has 7 nitrogen and oxygen atoms in total. The lowest BCUT2D eigenvalue weighted by atomic mass is 10.2. The highest BCUT2D eigenvalue weighted by Gasteiger charge is 2.00. The summed E-state index contributed by atoms with van der Waals surface area (Å²) in [7, 11) is 1.35. The van der Waals surface area contributed by atoms with E-state index in [1.807, 2.05) is 21.1 Å². The molecule has 0 unspecified atom stereocenters. The molecule has 0 spiro atoms. The molecule has 0 rings (SSSR count). The van der Waals surface area contributed by atoms with Gasteiger partial charge >= 0.3 is 7.82 Å². The van der Waals surface area contributed by atoms with Gasteiger partial charge in [0.15, 0.2) is 0 Å². The molecule has 0 aliphatic carbocycles. The van der Waals surface area contributed by atoms with E-state index in [4.69, 9.17) is 19.2 Å². The minimum atomic E-state index is -4.64. The number of rotatable bonds is 12. The average molecular weight is 402 g/mol. The van der Waals surface area contributed by atoms with E-state index in [0.717, 1.165) is 0 Å². The van der Waals surface area contributed by atoms with Gasteiger partial charge in [0.05, 0.1) is 0 Å². The smallest absolute Gasteiger partial charge is 0.320 e. The van der Waals surface area contributed by atoms with E-state index in [1.165, 1.54) is 77.4 Å². The van der Waals surface area contributed by atoms with E-state index < -0.39 is 7.82 Å². The molecule has 8 heteroatoms. The predicted molar refractivity (Wildman–Crippen MR) is 115 cm³/mol. The maximum absolute atomic E-state index is 8.88. The Morgan fingerprint density at radius 2 is 0.769 bits per heavy atom. The zero-order valence-corrected chi connectivity index (χ0v) is 19.1. The Morgan fingerprint density at radius 3 is 0.885 bits per heavy atom. The van der Waals surface area contributed by atoms with E-state index in [-0.39, 0.29) is 0 Å². The molecule has 0 aromatic carbocycles. The molecule has 0 heterocycles. The summed E-state index contributed by atoms with van der Waals surface area (Å²) in [6, 6.07) is 0. The van der Waals surface area contributed by atoms with Gasteiger partial charge in [-0.3, -0.25) is 0 Å². The number of nitrogens with one attached hydrogen (secondary N) is 3. The van der Waals surface area contributed by atoms with Crippen molar-refractivity contribution in [1.29, 1.82) is 0 Å². The van der Waals surface area contributed by atoms with Gasteiger partial charge in [0.2, 0.25) is 0 Å². The monoisotopic (exact) mass is 401 g/mol. The molecular weight excluding hydrogens is 353 g/mol. The molecule has 0 aromatic heterocycles. The van der Waals surface area contributed by atoms with E-state index in [0.29, 0.717) is 0 Å². The summed E-state index contributed by atoms with van der Waals surface area (Å²) in [5.41, 5.74) is 0. The topological polar surface area (TPSA) is 114 Å². The fourth-order valence-electron chi connectivity index (χ4n) is 1.66. The van der Waals surface area contributed by atoms with Crippen LogP contribution in [0.2, 0.25) is 0 Å². The third-order valence-electron chi connectivity index (χ3n) is 3.09. The zero-order chi connectivity index (χ0) is 21.1. The lowest BCUT2D eigenvalue weighted by molar-refractivity contribution is 0.275. The summed E-state index contributed by atoms with van der Waals surface area (Å²) in [5, 5.41) is 9.31. The van der Waals surface area contributed by atoms with Gasteiger partial charge in [0, 0.05) is 0 Å². The van der Waals surface area contributed by atoms with Crippen molar-refractivity contribution in [3.63, 3.8) is 0 Å². The Morgan fingerprint density at radius 1 is 0.577 bits per heavy atom. The van der Waals surface area contributed by atoms with Crippen LogP contribution in [-0.2, 0) is 4.57 Å². The van der Waals surface area contributed by atoms with E-state index >= 15 is 0 Å². The van der Waals surface area contributed by atoms with Crippen LogP contribution in [0.25, 0.3) is 0 Å². The molecule has 0 atom stereocenters. The van der Waals surface area contributed by atoms with Crippen molar-refractivity contribution in [3.8, 4) is 0 Å². The molecule has 0 bridgehead atoms. The fourth-order valence-corrected chi connectivity index (χ4v) is 1.66. The molecule has 0 fully saturated rings. The molecule has 0 aromatic rings. The van der Waals surface area contributed by atoms with E-state index in [1.54, 1.807) is 0 Å². The molecule has 0 aliphatic rings. The number of hydrogen-bond acceptors (Lipinski definition) is 4. The van der Waals surface area contributed by atoms with Crippen LogP contribution in [0.4, 0.5) is 0 Å². The minimum Gasteiger partial charge on any atom is -0.320 e. The molecule has 0 aliphatic heterocycles. The minimum absolute atomic E-state index is 1.17. The standard InChI is InChI=1S/3C6H15N.H3O4P/c3*1-3-4-5-6-7-2;1-5(2,3)4/h3*7H,3-6H2,1-2H3;(H3,1,2,3,4). The van der Waals surface area contributed by atoms with Crippen LogP contribution in [0.3, 0.4) is 0 Å². The van der Waals surface area contributed by atoms with Gasteiger partial charge < -0.3 is 30.6 Å². The highest BCUT2D eigenvalue weighted by molar-refractivity contribution is 7.45. The Kier molecular flexibility index (Phi) is 42.1. The van der Waals surface area contributed by atoms with Crippen LogP contribution in [0.5, 0.6) is 0 Å². The molecule has 0 saturated carbocycles. The zero-order valence-electron chi connectivity index (χ0n) is 18.2. The van der Waals surface area contributed by atoms with Crippen LogP contribution < -0.4 is 16.0 Å². The van der Waals surface area contributed by atoms with E-state index in [9.17, 15) is 0 Å². The number of phosphoric acid groups is 1. The van der Waals surface area contributed by atoms with Gasteiger partial charge in [-0.15, -0.1) is 0 Å². The fraction of sp³-hybridized carbons (Fsp3) is 1.00. The normalized spacial score (nSPS) is 9.88. The summed E-state index contributed by atoms with van der Waals surface area (Å²) in [5.74, 6) is 0. The maximum Gasteiger partial charge on any atom is 0.466 e. The first kappa shape index (κ1) is 33.6. The number of unbranched alkanes of at least 4 members (excludes halogenated alkanes) is 6. The Labute approximate surface area is 163 Å². The number of hydrogen-bond donors (Lipinski definition) is 6. The molecule has 164 valence electrons. The Bertz CT molecular complexity index is 211. The summed E-state index contributed by atoms with van der Waals surface area (Å²) in [4.78, 5) is 21.6. The first-order chi connectivity index (χ1) is 12.2. The van der Waals surface area contributed by atoms with Crippen LogP contribution in [0.15, 0.2) is 0 Å². The van der Waals surface area contributed by atoms with Crippen molar-refractivity contribution in [2.45, 2.75) is 78.6 Å². The van der Waals surface area contributed by atoms with Gasteiger partial charge in [0.1, 0.15) is 0 Å². The summed E-state index contributed by atoms with van der Waals surface area (Å²) >= 11 is 0. The van der Waals surface area contributed by atoms with Crippen LogP contribution in [0.1, 0.15) is 78.6 Å². The van der Waals surface area contributed by atoms with Crippen molar-refractivity contribution in [3.05, 3.63) is 0 Å². The SMILES string of the molecule is CCCCCNC.CCCCCNC.CCCCCNC.O=P(O)(O)O. The second-order valence-corrected chi connectivity index (χ2v) is 6.97. The molecule has 26 heavy (non-hydrogen) atoms. The first-order valence-corrected chi connectivity index (χ1v) is 11.5. The van der Waals surface area contributed by atoms with Crippen LogP contribution in [-0.4, -0.2) is 55.5 Å². The van der Waals surface area contributed by atoms with Crippen LogP contribution in [0, 0.1) is 0 Å². The largest absolute Gasteiger partial charge is 0.466 e. The molecule has 0 saturated heterocycles.